The molecule has 1 aromatic rings. The number of para-hydroxylation sites is 1. The maximum atomic E-state index is 12.3. The Kier molecular flexibility index (Phi) is 4.02. The minimum Gasteiger partial charge on any atom is -0.324 e. The fraction of sp³-hybridized carbons (Fsp3) is 0.533. The number of carbonyl (C=O) groups excluding carboxylic acids is 1. The quantitative estimate of drug-likeness (QED) is 0.872. The average molecular weight is 246 g/mol. The minimum absolute atomic E-state index is 0.0537. The van der Waals surface area contributed by atoms with E-state index in [4.69, 9.17) is 5.73 Å². The molecule has 0 aliphatic carbocycles. The lowest BCUT2D eigenvalue weighted by Gasteiger charge is -2.24. The van der Waals surface area contributed by atoms with Gasteiger partial charge in [-0.25, -0.2) is 0 Å². The first-order chi connectivity index (χ1) is 8.59. The van der Waals surface area contributed by atoms with Crippen LogP contribution in [0, 0.1) is 5.92 Å². The molecule has 1 amide bonds. The van der Waals surface area contributed by atoms with Gasteiger partial charge in [-0.2, -0.15) is 0 Å². The van der Waals surface area contributed by atoms with Crippen molar-refractivity contribution in [3.63, 3.8) is 0 Å². The van der Waals surface area contributed by atoms with Crippen LogP contribution in [0.2, 0.25) is 0 Å². The van der Waals surface area contributed by atoms with Crippen LogP contribution in [0.25, 0.3) is 0 Å². The number of nitrogens with zero attached hydrogens (tertiary/aromatic N) is 1. The van der Waals surface area contributed by atoms with E-state index < -0.39 is 0 Å². The van der Waals surface area contributed by atoms with Gasteiger partial charge in [0.2, 0.25) is 5.91 Å². The predicted octanol–water partition coefficient (Wildman–Crippen LogP) is 2.86. The second-order valence-corrected chi connectivity index (χ2v) is 5.45. The molecule has 2 rings (SSSR count). The monoisotopic (exact) mass is 246 g/mol. The first-order valence-electron chi connectivity index (χ1n) is 6.74. The molecule has 3 nitrogen and oxygen atoms in total. The summed E-state index contributed by atoms with van der Waals surface area (Å²) in [5, 5.41) is 0. The highest BCUT2D eigenvalue weighted by Crippen LogP contribution is 2.31. The Morgan fingerprint density at radius 1 is 1.44 bits per heavy atom. The zero-order chi connectivity index (χ0) is 13.1. The van der Waals surface area contributed by atoms with Crippen LogP contribution in [0.4, 0.5) is 5.69 Å². The van der Waals surface area contributed by atoms with Gasteiger partial charge in [0.05, 0.1) is 0 Å². The average Bonchev–Trinajstić information content (AvgIpc) is 2.49. The summed E-state index contributed by atoms with van der Waals surface area (Å²) in [6.45, 7) is 4.94. The molecule has 98 valence electrons. The number of fused-ring (bicyclic) bond motifs is 1. The van der Waals surface area contributed by atoms with Crippen LogP contribution in [0.5, 0.6) is 0 Å². The van der Waals surface area contributed by atoms with Gasteiger partial charge >= 0.3 is 0 Å². The van der Waals surface area contributed by atoms with E-state index in [0.717, 1.165) is 30.6 Å². The molecule has 1 unspecified atom stereocenters. The number of rotatable bonds is 2. The van der Waals surface area contributed by atoms with Gasteiger partial charge in [-0.1, -0.05) is 32.0 Å². The summed E-state index contributed by atoms with van der Waals surface area (Å²) in [6.07, 6.45) is 2.52. The second kappa shape index (κ2) is 5.53. The van der Waals surface area contributed by atoms with Crippen LogP contribution >= 0.6 is 0 Å². The highest BCUT2D eigenvalue weighted by molar-refractivity contribution is 5.94. The molecule has 1 atom stereocenters. The zero-order valence-electron chi connectivity index (χ0n) is 11.2. The van der Waals surface area contributed by atoms with Gasteiger partial charge in [0.1, 0.15) is 0 Å². The van der Waals surface area contributed by atoms with Crippen molar-refractivity contribution in [3.8, 4) is 0 Å². The smallest absolute Gasteiger partial charge is 0.227 e. The largest absolute Gasteiger partial charge is 0.324 e. The van der Waals surface area contributed by atoms with Crippen molar-refractivity contribution >= 4 is 11.6 Å². The van der Waals surface area contributed by atoms with E-state index in [1.165, 1.54) is 0 Å². The fourth-order valence-corrected chi connectivity index (χ4v) is 2.51. The molecule has 2 N–H and O–H groups in total. The van der Waals surface area contributed by atoms with E-state index in [1.54, 1.807) is 0 Å². The number of carbonyl (C=O) groups is 1. The summed E-state index contributed by atoms with van der Waals surface area (Å²) < 4.78 is 0. The Balaban J connectivity index is 2.31. The van der Waals surface area contributed by atoms with Crippen LogP contribution in [0.15, 0.2) is 24.3 Å². The molecule has 1 aliphatic heterocycles. The Bertz CT molecular complexity index is 428. The third-order valence-electron chi connectivity index (χ3n) is 3.41. The molecule has 0 bridgehead atoms. The second-order valence-electron chi connectivity index (χ2n) is 5.45. The molecular weight excluding hydrogens is 224 g/mol. The van der Waals surface area contributed by atoms with E-state index in [9.17, 15) is 4.79 Å². The summed E-state index contributed by atoms with van der Waals surface area (Å²) in [7, 11) is 0. The van der Waals surface area contributed by atoms with E-state index in [0.29, 0.717) is 12.3 Å². The van der Waals surface area contributed by atoms with Gasteiger partial charge in [-0.05, 0) is 30.4 Å². The molecule has 3 heteroatoms. The number of nitrogens with two attached hydrogens (primary N) is 1. The highest BCUT2D eigenvalue weighted by Gasteiger charge is 2.24. The third kappa shape index (κ3) is 2.72. The normalized spacial score (nSPS) is 19.6. The maximum absolute atomic E-state index is 12.3. The van der Waals surface area contributed by atoms with Crippen LogP contribution in [0.1, 0.15) is 44.7 Å². The standard InChI is InChI=1S/C15H22N2O/c1-11(2)10-15(18)17-9-5-7-13(16)12-6-3-4-8-14(12)17/h3-4,6,8,11,13H,5,7,9-10,16H2,1-2H3. The first kappa shape index (κ1) is 13.1. The summed E-state index contributed by atoms with van der Waals surface area (Å²) >= 11 is 0. The lowest BCUT2D eigenvalue weighted by molar-refractivity contribution is -0.119. The third-order valence-corrected chi connectivity index (χ3v) is 3.41. The summed E-state index contributed by atoms with van der Waals surface area (Å²) in [5.41, 5.74) is 8.28. The van der Waals surface area contributed by atoms with Gasteiger partial charge in [0, 0.05) is 24.7 Å². The van der Waals surface area contributed by atoms with Gasteiger partial charge in [-0.3, -0.25) is 4.79 Å². The topological polar surface area (TPSA) is 46.3 Å². The minimum atomic E-state index is 0.0537. The molecule has 1 heterocycles. The van der Waals surface area contributed by atoms with E-state index >= 15 is 0 Å². The molecule has 0 saturated carbocycles. The highest BCUT2D eigenvalue weighted by atomic mass is 16.2. The van der Waals surface area contributed by atoms with Crippen molar-refractivity contribution < 1.29 is 4.79 Å². The Hall–Kier alpha value is -1.35. The Morgan fingerprint density at radius 3 is 2.89 bits per heavy atom. The molecule has 1 aliphatic rings. The first-order valence-corrected chi connectivity index (χ1v) is 6.74. The molecule has 0 radical (unpaired) electrons. The number of hydrogen-bond acceptors (Lipinski definition) is 2. The van der Waals surface area contributed by atoms with Crippen LogP contribution < -0.4 is 10.6 Å². The molecule has 0 saturated heterocycles. The summed E-state index contributed by atoms with van der Waals surface area (Å²) in [4.78, 5) is 14.2. The summed E-state index contributed by atoms with van der Waals surface area (Å²) in [6, 6.07) is 8.08. The van der Waals surface area contributed by atoms with Crippen molar-refractivity contribution in [2.45, 2.75) is 39.2 Å². The van der Waals surface area contributed by atoms with Gasteiger partial charge in [-0.15, -0.1) is 0 Å². The molecule has 0 aromatic heterocycles. The Labute approximate surface area is 109 Å². The van der Waals surface area contributed by atoms with Crippen molar-refractivity contribution in [1.29, 1.82) is 0 Å². The zero-order valence-corrected chi connectivity index (χ0v) is 11.2. The number of anilines is 1. The van der Waals surface area contributed by atoms with E-state index in [-0.39, 0.29) is 11.9 Å². The number of amides is 1. The number of benzene rings is 1. The molecule has 0 fully saturated rings. The predicted molar refractivity (Wildman–Crippen MR) is 74.4 cm³/mol. The molecule has 0 spiro atoms. The van der Waals surface area contributed by atoms with Crippen LogP contribution in [-0.2, 0) is 4.79 Å². The number of hydrogen-bond donors (Lipinski definition) is 1. The fourth-order valence-electron chi connectivity index (χ4n) is 2.51. The van der Waals surface area contributed by atoms with Gasteiger partial charge in [0.15, 0.2) is 0 Å². The maximum Gasteiger partial charge on any atom is 0.227 e. The van der Waals surface area contributed by atoms with Gasteiger partial charge < -0.3 is 10.6 Å². The van der Waals surface area contributed by atoms with Gasteiger partial charge in [0.25, 0.3) is 0 Å². The molecular formula is C15H22N2O. The van der Waals surface area contributed by atoms with Crippen molar-refractivity contribution in [1.82, 2.24) is 0 Å². The van der Waals surface area contributed by atoms with Crippen molar-refractivity contribution in [3.05, 3.63) is 29.8 Å². The lowest BCUT2D eigenvalue weighted by atomic mass is 10.0. The molecule has 1 aromatic carbocycles. The van der Waals surface area contributed by atoms with E-state index in [2.05, 4.69) is 13.8 Å². The Morgan fingerprint density at radius 2 is 2.17 bits per heavy atom. The molecule has 18 heavy (non-hydrogen) atoms. The van der Waals surface area contributed by atoms with Crippen molar-refractivity contribution in [2.75, 3.05) is 11.4 Å². The SMILES string of the molecule is CC(C)CC(=O)N1CCCC(N)c2ccccc21. The van der Waals surface area contributed by atoms with E-state index in [1.807, 2.05) is 29.2 Å². The van der Waals surface area contributed by atoms with Crippen LogP contribution in [0.3, 0.4) is 0 Å². The van der Waals surface area contributed by atoms with Crippen LogP contribution in [-0.4, -0.2) is 12.5 Å². The van der Waals surface area contributed by atoms with Crippen molar-refractivity contribution in [2.24, 2.45) is 11.7 Å². The lowest BCUT2D eigenvalue weighted by Crippen LogP contribution is -2.32. The summed E-state index contributed by atoms with van der Waals surface area (Å²) in [5.74, 6) is 0.605.